The smallest absolute Gasteiger partial charge is 0.198 e. The lowest BCUT2D eigenvalue weighted by molar-refractivity contribution is -0.113. The molecule has 4 rings (SSSR count). The topological polar surface area (TPSA) is 74.5 Å². The zero-order chi connectivity index (χ0) is 24.8. The largest absolute Gasteiger partial charge is 0.385 e. The minimum atomic E-state index is -0.587. The quantitative estimate of drug-likeness (QED) is 0.562. The number of nitriles is 1. The van der Waals surface area contributed by atoms with Gasteiger partial charge < -0.3 is 10.1 Å². The number of amidine groups is 1. The zero-order valence-corrected chi connectivity index (χ0v) is 20.4. The highest BCUT2D eigenvalue weighted by atomic mass is 19.1. The molecule has 0 aromatic heterocycles. The van der Waals surface area contributed by atoms with Crippen molar-refractivity contribution in [3.63, 3.8) is 0 Å². The van der Waals surface area contributed by atoms with Gasteiger partial charge in [0.2, 0.25) is 0 Å². The number of nitrogens with zero attached hydrogens (tertiary/aromatic N) is 2. The van der Waals surface area contributed by atoms with E-state index >= 15 is 0 Å². The number of hydrogen-bond donors (Lipinski definition) is 1. The zero-order valence-electron chi connectivity index (χ0n) is 20.4. The summed E-state index contributed by atoms with van der Waals surface area (Å²) in [4.78, 5) is 18.1. The molecule has 1 N–H and O–H groups in total. The Balaban J connectivity index is 1.86. The molecule has 0 amide bonds. The van der Waals surface area contributed by atoms with Crippen LogP contribution in [-0.4, -0.2) is 31.9 Å². The number of aryl methyl sites for hydroxylation is 1. The fraction of sp³-hybridized carbons (Fsp3) is 0.414. The summed E-state index contributed by atoms with van der Waals surface area (Å²) in [6, 6.07) is 14.6. The van der Waals surface area contributed by atoms with Crippen LogP contribution in [0.1, 0.15) is 60.8 Å². The van der Waals surface area contributed by atoms with Gasteiger partial charge in [0.25, 0.3) is 0 Å². The number of halogens is 1. The van der Waals surface area contributed by atoms with E-state index in [4.69, 9.17) is 9.73 Å². The van der Waals surface area contributed by atoms with E-state index in [0.717, 1.165) is 29.5 Å². The molecule has 6 heteroatoms. The molecule has 1 fully saturated rings. The van der Waals surface area contributed by atoms with Gasteiger partial charge in [0.15, 0.2) is 11.6 Å². The number of aliphatic imine (C=N–C) groups is 1. The average molecular weight is 474 g/mol. The molecule has 1 aliphatic carbocycles. The Morgan fingerprint density at radius 1 is 1.14 bits per heavy atom. The lowest BCUT2D eigenvalue weighted by Gasteiger charge is -2.22. The highest BCUT2D eigenvalue weighted by molar-refractivity contribution is 6.41. The molecule has 0 bridgehead atoms. The van der Waals surface area contributed by atoms with Gasteiger partial charge in [-0.3, -0.25) is 9.79 Å². The molecule has 1 aliphatic heterocycles. The van der Waals surface area contributed by atoms with Crippen molar-refractivity contribution in [1.82, 2.24) is 5.32 Å². The van der Waals surface area contributed by atoms with E-state index < -0.39 is 5.82 Å². The normalized spacial score (nSPS) is 20.1. The van der Waals surface area contributed by atoms with Crippen LogP contribution in [0, 0.1) is 35.9 Å². The van der Waals surface area contributed by atoms with E-state index in [9.17, 15) is 14.4 Å². The maximum atomic E-state index is 14.7. The molecule has 0 saturated heterocycles. The molecule has 2 aromatic rings. The van der Waals surface area contributed by atoms with E-state index in [0.29, 0.717) is 49.0 Å². The minimum Gasteiger partial charge on any atom is -0.385 e. The van der Waals surface area contributed by atoms with E-state index in [2.05, 4.69) is 5.32 Å². The summed E-state index contributed by atoms with van der Waals surface area (Å²) in [6.07, 6.45) is 5.64. The Kier molecular flexibility index (Phi) is 8.09. The summed E-state index contributed by atoms with van der Waals surface area (Å²) in [5, 5.41) is 12.5. The predicted molar refractivity (Wildman–Crippen MR) is 136 cm³/mol. The summed E-state index contributed by atoms with van der Waals surface area (Å²) in [7, 11) is 1.65. The number of carbonyl (C=O) groups excluding carboxylic acids is 1. The van der Waals surface area contributed by atoms with Crippen LogP contribution in [0.15, 0.2) is 47.5 Å². The Hall–Kier alpha value is -3.30. The second-order valence-corrected chi connectivity index (χ2v) is 9.53. The van der Waals surface area contributed by atoms with E-state index in [1.807, 2.05) is 37.3 Å². The van der Waals surface area contributed by atoms with Crippen LogP contribution in [0.2, 0.25) is 0 Å². The Morgan fingerprint density at radius 3 is 2.51 bits per heavy atom. The van der Waals surface area contributed by atoms with Crippen LogP contribution in [0.25, 0.3) is 11.3 Å². The minimum absolute atomic E-state index is 0.0120. The summed E-state index contributed by atoms with van der Waals surface area (Å²) < 4.78 is 20.1. The van der Waals surface area contributed by atoms with Crippen molar-refractivity contribution >= 4 is 22.9 Å². The van der Waals surface area contributed by atoms with Gasteiger partial charge in [-0.05, 0) is 61.3 Å². The van der Waals surface area contributed by atoms with Crippen LogP contribution >= 0.6 is 0 Å². The number of nitrogens with one attached hydrogen (secondary N) is 1. The first-order chi connectivity index (χ1) is 17.0. The van der Waals surface area contributed by atoms with Crippen molar-refractivity contribution in [2.75, 3.05) is 20.3 Å². The SMILES string of the molecule is COCCC1CC(=O)C(=NCC2CCCC2)NC(c2ccc(C#N)c(F)c2)=C1c1ccc(C)cc1. The van der Waals surface area contributed by atoms with Crippen LogP contribution in [0.4, 0.5) is 4.39 Å². The number of benzene rings is 2. The molecular formula is C29H32FN3O2. The van der Waals surface area contributed by atoms with E-state index in [-0.39, 0.29) is 17.3 Å². The summed E-state index contributed by atoms with van der Waals surface area (Å²) in [5.41, 5.74) is 4.27. The highest BCUT2D eigenvalue weighted by Crippen LogP contribution is 2.37. The Labute approximate surface area is 206 Å². The molecule has 1 saturated carbocycles. The first-order valence-corrected chi connectivity index (χ1v) is 12.3. The molecule has 2 aliphatic rings. The van der Waals surface area contributed by atoms with Crippen molar-refractivity contribution in [2.45, 2.75) is 45.4 Å². The number of Topliss-reactive ketones (excluding diaryl/α,β-unsaturated/α-hetero) is 1. The van der Waals surface area contributed by atoms with Crippen molar-refractivity contribution in [2.24, 2.45) is 16.8 Å². The molecular weight excluding hydrogens is 441 g/mol. The summed E-state index contributed by atoms with van der Waals surface area (Å²) in [6.45, 7) is 3.14. The molecule has 2 aromatic carbocycles. The number of ketones is 1. The molecule has 182 valence electrons. The van der Waals surface area contributed by atoms with Gasteiger partial charge in [-0.15, -0.1) is 0 Å². The standard InChI is InChI=1S/C29H32FN3O2/c1-19-7-9-21(10-8-19)27-22(13-14-35-2)16-26(34)29(32-18-20-5-3-4-6-20)33-28(27)23-11-12-24(17-31)25(30)15-23/h7-12,15,20,22H,3-6,13-14,16,18H2,1-2H3,(H,32,33). The van der Waals surface area contributed by atoms with Gasteiger partial charge in [-0.25, -0.2) is 4.39 Å². The first kappa shape index (κ1) is 24.8. The lowest BCUT2D eigenvalue weighted by Crippen LogP contribution is -2.29. The van der Waals surface area contributed by atoms with Gasteiger partial charge in [0.05, 0.1) is 11.3 Å². The lowest BCUT2D eigenvalue weighted by atomic mass is 9.84. The number of rotatable bonds is 7. The van der Waals surface area contributed by atoms with Gasteiger partial charge >= 0.3 is 0 Å². The third-order valence-electron chi connectivity index (χ3n) is 7.01. The average Bonchev–Trinajstić information content (AvgIpc) is 3.33. The number of carbonyl (C=O) groups is 1. The van der Waals surface area contributed by atoms with Crippen LogP contribution in [0.5, 0.6) is 0 Å². The van der Waals surface area contributed by atoms with Gasteiger partial charge in [-0.1, -0.05) is 48.7 Å². The second-order valence-electron chi connectivity index (χ2n) is 9.53. The third kappa shape index (κ3) is 5.86. The van der Waals surface area contributed by atoms with Crippen molar-refractivity contribution in [3.8, 4) is 6.07 Å². The fourth-order valence-corrected chi connectivity index (χ4v) is 5.03. The predicted octanol–water partition coefficient (Wildman–Crippen LogP) is 5.68. The fourth-order valence-electron chi connectivity index (χ4n) is 5.03. The molecule has 0 spiro atoms. The summed E-state index contributed by atoms with van der Waals surface area (Å²) >= 11 is 0. The first-order valence-electron chi connectivity index (χ1n) is 12.3. The maximum Gasteiger partial charge on any atom is 0.198 e. The van der Waals surface area contributed by atoms with Gasteiger partial charge in [0, 0.05) is 32.2 Å². The molecule has 5 nitrogen and oxygen atoms in total. The summed E-state index contributed by atoms with van der Waals surface area (Å²) in [5.74, 6) is 0.0709. The molecule has 35 heavy (non-hydrogen) atoms. The molecule has 0 radical (unpaired) electrons. The molecule has 1 heterocycles. The number of ether oxygens (including phenoxy) is 1. The van der Waals surface area contributed by atoms with Crippen molar-refractivity contribution in [1.29, 1.82) is 5.26 Å². The third-order valence-corrected chi connectivity index (χ3v) is 7.01. The molecule has 1 unspecified atom stereocenters. The van der Waals surface area contributed by atoms with Crippen LogP contribution < -0.4 is 5.32 Å². The van der Waals surface area contributed by atoms with Crippen molar-refractivity contribution < 1.29 is 13.9 Å². The second kappa shape index (κ2) is 11.4. The number of hydrogen-bond acceptors (Lipinski definition) is 4. The number of methoxy groups -OCH3 is 1. The Morgan fingerprint density at radius 2 is 1.86 bits per heavy atom. The molecule has 1 atom stereocenters. The van der Waals surface area contributed by atoms with Crippen LogP contribution in [-0.2, 0) is 9.53 Å². The monoisotopic (exact) mass is 473 g/mol. The number of allylic oxidation sites excluding steroid dienone is 1. The van der Waals surface area contributed by atoms with Gasteiger partial charge in [0.1, 0.15) is 11.9 Å². The Bertz CT molecular complexity index is 1170. The van der Waals surface area contributed by atoms with Crippen LogP contribution in [0.3, 0.4) is 0 Å². The maximum absolute atomic E-state index is 14.7. The van der Waals surface area contributed by atoms with Gasteiger partial charge in [-0.2, -0.15) is 5.26 Å². The van der Waals surface area contributed by atoms with E-state index in [1.54, 1.807) is 13.2 Å². The van der Waals surface area contributed by atoms with Crippen molar-refractivity contribution in [3.05, 3.63) is 70.5 Å². The van der Waals surface area contributed by atoms with E-state index in [1.165, 1.54) is 25.0 Å². The highest BCUT2D eigenvalue weighted by Gasteiger charge is 2.31.